The molecule has 0 atom stereocenters. The lowest BCUT2D eigenvalue weighted by molar-refractivity contribution is 0.0986. The fourth-order valence-electron chi connectivity index (χ4n) is 3.50. The van der Waals surface area contributed by atoms with Gasteiger partial charge in [0.1, 0.15) is 0 Å². The average molecular weight is 485 g/mol. The molecule has 0 aliphatic rings. The zero-order valence-electron chi connectivity index (χ0n) is 18.3. The fraction of sp³-hybridized carbons (Fsp3) is 0.292. The summed E-state index contributed by atoms with van der Waals surface area (Å²) < 4.78 is 3.01. The fourth-order valence-corrected chi connectivity index (χ4v) is 5.84. The van der Waals surface area contributed by atoms with E-state index in [1.54, 1.807) is 29.2 Å². The minimum atomic E-state index is -0.0374. The van der Waals surface area contributed by atoms with Gasteiger partial charge in [-0.25, -0.2) is 9.97 Å². The molecule has 0 radical (unpaired) electrons. The van der Waals surface area contributed by atoms with Gasteiger partial charge in [-0.3, -0.25) is 9.69 Å². The molecular formula is C24H25ClN4OS2. The molecule has 5 nitrogen and oxygen atoms in total. The Bertz CT molecular complexity index is 1220. The molecule has 0 bridgehead atoms. The van der Waals surface area contributed by atoms with E-state index in [0.29, 0.717) is 27.5 Å². The molecular weight excluding hydrogens is 460 g/mol. The predicted octanol–water partition coefficient (Wildman–Crippen LogP) is 6.69. The number of imidazole rings is 1. The third-order valence-corrected chi connectivity index (χ3v) is 7.17. The zero-order valence-corrected chi connectivity index (χ0v) is 20.7. The van der Waals surface area contributed by atoms with Crippen LogP contribution in [0.1, 0.15) is 36.2 Å². The van der Waals surface area contributed by atoms with Gasteiger partial charge in [0.05, 0.1) is 16.5 Å². The molecule has 2 heterocycles. The second-order valence-corrected chi connectivity index (χ2v) is 11.0. The lowest BCUT2D eigenvalue weighted by atomic mass is 10.2. The van der Waals surface area contributed by atoms with Gasteiger partial charge < -0.3 is 4.57 Å². The van der Waals surface area contributed by atoms with E-state index in [4.69, 9.17) is 16.6 Å². The first-order chi connectivity index (χ1) is 15.4. The normalized spacial score (nSPS) is 11.4. The van der Waals surface area contributed by atoms with Gasteiger partial charge in [0.15, 0.2) is 5.13 Å². The predicted molar refractivity (Wildman–Crippen MR) is 135 cm³/mol. The highest BCUT2D eigenvalue weighted by molar-refractivity contribution is 7.99. The summed E-state index contributed by atoms with van der Waals surface area (Å²) in [6.45, 7) is 7.63. The van der Waals surface area contributed by atoms with Crippen LogP contribution in [0.25, 0.3) is 10.2 Å². The van der Waals surface area contributed by atoms with E-state index in [0.717, 1.165) is 33.6 Å². The number of thiazole rings is 1. The molecule has 2 aromatic heterocycles. The number of carbonyl (C=O) groups is 1. The zero-order chi connectivity index (χ0) is 22.7. The van der Waals surface area contributed by atoms with Gasteiger partial charge in [0.25, 0.3) is 5.91 Å². The van der Waals surface area contributed by atoms with Crippen LogP contribution in [-0.4, -0.2) is 32.2 Å². The Hall–Kier alpha value is -2.35. The first-order valence-corrected chi connectivity index (χ1v) is 12.6. The van der Waals surface area contributed by atoms with Crippen molar-refractivity contribution < 1.29 is 4.79 Å². The number of aryl methyl sites for hydroxylation is 2. The van der Waals surface area contributed by atoms with Crippen LogP contribution in [-0.2, 0) is 6.54 Å². The molecule has 0 N–H and O–H groups in total. The highest BCUT2D eigenvalue weighted by Gasteiger charge is 2.22. The quantitative estimate of drug-likeness (QED) is 0.261. The van der Waals surface area contributed by atoms with Gasteiger partial charge >= 0.3 is 0 Å². The summed E-state index contributed by atoms with van der Waals surface area (Å²) in [5.41, 5.74) is 2.58. The minimum Gasteiger partial charge on any atom is -0.337 e. The van der Waals surface area contributed by atoms with Crippen molar-refractivity contribution in [2.45, 2.75) is 43.9 Å². The van der Waals surface area contributed by atoms with E-state index in [9.17, 15) is 4.79 Å². The Morgan fingerprint density at radius 3 is 2.88 bits per heavy atom. The topological polar surface area (TPSA) is 51.0 Å². The van der Waals surface area contributed by atoms with Crippen molar-refractivity contribution in [3.63, 3.8) is 0 Å². The summed E-state index contributed by atoms with van der Waals surface area (Å²) in [6.07, 6.45) is 6.28. The van der Waals surface area contributed by atoms with Crippen molar-refractivity contribution in [1.82, 2.24) is 14.5 Å². The number of hydrogen-bond acceptors (Lipinski definition) is 5. The summed E-state index contributed by atoms with van der Waals surface area (Å²) in [6, 6.07) is 11.7. The van der Waals surface area contributed by atoms with Crippen LogP contribution < -0.4 is 4.90 Å². The molecule has 2 aromatic carbocycles. The average Bonchev–Trinajstić information content (AvgIpc) is 3.40. The smallest absolute Gasteiger partial charge is 0.260 e. The van der Waals surface area contributed by atoms with Gasteiger partial charge in [0.2, 0.25) is 0 Å². The number of carbonyl (C=O) groups excluding carboxylic acids is 1. The summed E-state index contributed by atoms with van der Waals surface area (Å²) in [5.74, 6) is -0.0374. The van der Waals surface area contributed by atoms with Crippen molar-refractivity contribution in [3.8, 4) is 0 Å². The standard InChI is InChI=1S/C24H25ClN4OS2/c1-16(2)31-20-7-4-6-18(13-20)23(30)29(10-5-9-28-11-8-26-15-28)24-27-22-17(3)12-19(25)14-21(22)32-24/h4,6-8,11-16H,5,9-10H2,1-3H3. The Labute approximate surface area is 201 Å². The first kappa shape index (κ1) is 22.8. The summed E-state index contributed by atoms with van der Waals surface area (Å²) in [7, 11) is 0. The van der Waals surface area contributed by atoms with Crippen LogP contribution in [0, 0.1) is 6.92 Å². The number of fused-ring (bicyclic) bond motifs is 1. The number of aromatic nitrogens is 3. The second kappa shape index (κ2) is 10.1. The number of hydrogen-bond donors (Lipinski definition) is 0. The van der Waals surface area contributed by atoms with Crippen molar-refractivity contribution in [1.29, 1.82) is 0 Å². The molecule has 0 spiro atoms. The number of halogens is 1. The van der Waals surface area contributed by atoms with E-state index >= 15 is 0 Å². The van der Waals surface area contributed by atoms with Crippen molar-refractivity contribution >= 4 is 56.0 Å². The molecule has 0 fully saturated rings. The molecule has 4 aromatic rings. The SMILES string of the molecule is Cc1cc(Cl)cc2sc(N(CCCn3ccnc3)C(=O)c3cccc(SC(C)C)c3)nc12. The highest BCUT2D eigenvalue weighted by atomic mass is 35.5. The van der Waals surface area contributed by atoms with E-state index in [1.807, 2.05) is 54.1 Å². The Kier molecular flexibility index (Phi) is 7.18. The largest absolute Gasteiger partial charge is 0.337 e. The highest BCUT2D eigenvalue weighted by Crippen LogP contribution is 2.34. The molecule has 0 aliphatic heterocycles. The summed E-state index contributed by atoms with van der Waals surface area (Å²) >= 11 is 9.52. The number of amides is 1. The third kappa shape index (κ3) is 5.34. The van der Waals surface area contributed by atoms with E-state index in [2.05, 4.69) is 18.8 Å². The lowest BCUT2D eigenvalue weighted by Gasteiger charge is -2.20. The number of rotatable bonds is 8. The van der Waals surface area contributed by atoms with Crippen LogP contribution >= 0.6 is 34.7 Å². The monoisotopic (exact) mass is 484 g/mol. The molecule has 0 aliphatic carbocycles. The van der Waals surface area contributed by atoms with Gasteiger partial charge in [-0.1, -0.05) is 42.9 Å². The maximum Gasteiger partial charge on any atom is 0.260 e. The first-order valence-electron chi connectivity index (χ1n) is 10.5. The van der Waals surface area contributed by atoms with Gasteiger partial charge in [-0.05, 0) is 49.2 Å². The lowest BCUT2D eigenvalue weighted by Crippen LogP contribution is -2.32. The van der Waals surface area contributed by atoms with Crippen LogP contribution in [0.4, 0.5) is 5.13 Å². The summed E-state index contributed by atoms with van der Waals surface area (Å²) in [4.78, 5) is 25.5. The molecule has 4 rings (SSSR count). The van der Waals surface area contributed by atoms with Gasteiger partial charge in [0, 0.05) is 46.2 Å². The van der Waals surface area contributed by atoms with Crippen molar-refractivity contribution in [2.24, 2.45) is 0 Å². The van der Waals surface area contributed by atoms with E-state index in [1.165, 1.54) is 11.3 Å². The molecule has 32 heavy (non-hydrogen) atoms. The number of benzene rings is 2. The van der Waals surface area contributed by atoms with Gasteiger partial charge in [-0.2, -0.15) is 0 Å². The van der Waals surface area contributed by atoms with Crippen LogP contribution in [0.15, 0.2) is 60.0 Å². The van der Waals surface area contributed by atoms with Crippen LogP contribution in [0.2, 0.25) is 5.02 Å². The van der Waals surface area contributed by atoms with Gasteiger partial charge in [-0.15, -0.1) is 11.8 Å². The van der Waals surface area contributed by atoms with Crippen LogP contribution in [0.3, 0.4) is 0 Å². The molecule has 1 amide bonds. The molecule has 0 unspecified atom stereocenters. The number of thioether (sulfide) groups is 1. The Morgan fingerprint density at radius 1 is 1.28 bits per heavy atom. The Balaban J connectivity index is 1.65. The van der Waals surface area contributed by atoms with Crippen molar-refractivity contribution in [3.05, 3.63) is 71.3 Å². The summed E-state index contributed by atoms with van der Waals surface area (Å²) in [5, 5.41) is 1.83. The molecule has 166 valence electrons. The minimum absolute atomic E-state index is 0.0374. The van der Waals surface area contributed by atoms with E-state index < -0.39 is 0 Å². The molecule has 0 saturated heterocycles. The second-order valence-electron chi connectivity index (χ2n) is 7.87. The Morgan fingerprint density at radius 2 is 2.12 bits per heavy atom. The molecule has 8 heteroatoms. The molecule has 0 saturated carbocycles. The third-order valence-electron chi connectivity index (χ3n) is 4.93. The maximum atomic E-state index is 13.6. The van der Waals surface area contributed by atoms with Crippen LogP contribution in [0.5, 0.6) is 0 Å². The van der Waals surface area contributed by atoms with Crippen molar-refractivity contribution in [2.75, 3.05) is 11.4 Å². The van der Waals surface area contributed by atoms with E-state index in [-0.39, 0.29) is 5.91 Å². The maximum absolute atomic E-state index is 13.6. The number of nitrogens with zero attached hydrogens (tertiary/aromatic N) is 4. The number of anilines is 1.